The van der Waals surface area contributed by atoms with Gasteiger partial charge < -0.3 is 10.0 Å². The van der Waals surface area contributed by atoms with E-state index in [1.165, 1.54) is 5.56 Å². The van der Waals surface area contributed by atoms with Gasteiger partial charge in [0.1, 0.15) is 17.2 Å². The van der Waals surface area contributed by atoms with E-state index in [2.05, 4.69) is 80.3 Å². The maximum absolute atomic E-state index is 10.8. The van der Waals surface area contributed by atoms with E-state index in [0.29, 0.717) is 5.69 Å². The Hall–Kier alpha value is -4.73. The van der Waals surface area contributed by atoms with E-state index in [4.69, 9.17) is 9.97 Å². The first kappa shape index (κ1) is 29.3. The van der Waals surface area contributed by atoms with Crippen molar-refractivity contribution in [1.82, 2.24) is 14.5 Å². The maximum Gasteiger partial charge on any atom is 0.139 e. The molecule has 1 N–H and O–H groups in total. The topological polar surface area (TPSA) is 54.2 Å². The molecule has 0 saturated heterocycles. The predicted molar refractivity (Wildman–Crippen MR) is 176 cm³/mol. The number of aromatic nitrogens is 3. The average Bonchev–Trinajstić information content (AvgIpc) is 3.35. The summed E-state index contributed by atoms with van der Waals surface area (Å²) in [4.78, 5) is 12.1. The van der Waals surface area contributed by atoms with E-state index >= 15 is 0 Å². The van der Waals surface area contributed by atoms with Crippen LogP contribution in [0.4, 0.5) is 17.2 Å². The fraction of sp³-hybridized carbons (Fsp3) is 0.105. The molecule has 0 aliphatic heterocycles. The molecule has 0 spiro atoms. The maximum atomic E-state index is 10.8. The minimum atomic E-state index is -0.0173. The van der Waals surface area contributed by atoms with Crippen LogP contribution in [0.15, 0.2) is 128 Å². The van der Waals surface area contributed by atoms with Crippen molar-refractivity contribution in [2.45, 2.75) is 26.2 Å². The van der Waals surface area contributed by atoms with Gasteiger partial charge in [-0.3, -0.25) is 9.55 Å². The molecular formula is C38H31N4OPt-. The number of phenols is 1. The zero-order chi connectivity index (χ0) is 29.6. The van der Waals surface area contributed by atoms with Gasteiger partial charge in [0.2, 0.25) is 0 Å². The molecule has 0 aliphatic carbocycles. The van der Waals surface area contributed by atoms with Crippen molar-refractivity contribution in [3.05, 3.63) is 139 Å². The Morgan fingerprint density at radius 2 is 1.50 bits per heavy atom. The van der Waals surface area contributed by atoms with Gasteiger partial charge >= 0.3 is 0 Å². The average molecular weight is 755 g/mol. The normalized spacial score (nSPS) is 11.4. The second-order valence-corrected chi connectivity index (χ2v) is 11.7. The van der Waals surface area contributed by atoms with Crippen LogP contribution >= 0.6 is 0 Å². The first-order chi connectivity index (χ1) is 20.9. The molecule has 0 atom stereocenters. The quantitative estimate of drug-likeness (QED) is 0.178. The number of phenolic OH excluding ortho intramolecular Hbond substituents is 1. The molecule has 0 saturated carbocycles. The van der Waals surface area contributed by atoms with Gasteiger partial charge in [-0.2, -0.15) is 0 Å². The molecule has 0 unspecified atom stereocenters. The fourth-order valence-electron chi connectivity index (χ4n) is 5.60. The van der Waals surface area contributed by atoms with E-state index in [0.717, 1.165) is 50.4 Å². The summed E-state index contributed by atoms with van der Waals surface area (Å²) in [5.74, 6) is 1.03. The smallest absolute Gasteiger partial charge is 0.139 e. The van der Waals surface area contributed by atoms with E-state index in [1.54, 1.807) is 6.07 Å². The second kappa shape index (κ2) is 11.7. The third-order valence-electron chi connectivity index (χ3n) is 7.80. The van der Waals surface area contributed by atoms with Crippen molar-refractivity contribution in [3.8, 4) is 22.7 Å². The zero-order valence-corrected chi connectivity index (χ0v) is 26.9. The summed E-state index contributed by atoms with van der Waals surface area (Å²) >= 11 is 0. The molecule has 5 nitrogen and oxygen atoms in total. The van der Waals surface area contributed by atoms with Gasteiger partial charge in [-0.25, -0.2) is 4.98 Å². The number of hydrogen-bond donors (Lipinski definition) is 1. The molecule has 4 aromatic carbocycles. The zero-order valence-electron chi connectivity index (χ0n) is 24.7. The molecule has 0 fully saturated rings. The van der Waals surface area contributed by atoms with Gasteiger partial charge in [-0.1, -0.05) is 81.4 Å². The Morgan fingerprint density at radius 3 is 2.30 bits per heavy atom. The first-order valence-electron chi connectivity index (χ1n) is 14.4. The minimum Gasteiger partial charge on any atom is -0.506 e. The number of benzene rings is 4. The van der Waals surface area contributed by atoms with Gasteiger partial charge in [0.25, 0.3) is 0 Å². The minimum absolute atomic E-state index is 0. The van der Waals surface area contributed by atoms with Crippen LogP contribution in [0.25, 0.3) is 38.9 Å². The van der Waals surface area contributed by atoms with Crippen LogP contribution < -0.4 is 4.90 Å². The molecule has 44 heavy (non-hydrogen) atoms. The Morgan fingerprint density at radius 1 is 0.750 bits per heavy atom. The molecule has 3 heterocycles. The molecule has 0 bridgehead atoms. The fourth-order valence-corrected chi connectivity index (χ4v) is 5.60. The van der Waals surface area contributed by atoms with Gasteiger partial charge in [0.05, 0.1) is 11.2 Å². The molecule has 6 heteroatoms. The van der Waals surface area contributed by atoms with Crippen molar-refractivity contribution in [2.24, 2.45) is 0 Å². The molecule has 0 aliphatic rings. The molecular weight excluding hydrogens is 724 g/mol. The van der Waals surface area contributed by atoms with Crippen molar-refractivity contribution < 1.29 is 26.2 Å². The third-order valence-corrected chi connectivity index (χ3v) is 7.80. The Kier molecular flexibility index (Phi) is 7.83. The van der Waals surface area contributed by atoms with Crippen LogP contribution in [-0.4, -0.2) is 19.6 Å². The Labute approximate surface area is 271 Å². The van der Waals surface area contributed by atoms with Crippen molar-refractivity contribution in [2.75, 3.05) is 4.90 Å². The number of para-hydroxylation sites is 4. The van der Waals surface area contributed by atoms with Crippen LogP contribution in [-0.2, 0) is 26.5 Å². The number of hydrogen-bond acceptors (Lipinski definition) is 4. The van der Waals surface area contributed by atoms with Crippen LogP contribution in [0.5, 0.6) is 5.75 Å². The van der Waals surface area contributed by atoms with E-state index in [1.807, 2.05) is 77.5 Å². The van der Waals surface area contributed by atoms with Crippen molar-refractivity contribution in [1.29, 1.82) is 0 Å². The number of anilines is 3. The van der Waals surface area contributed by atoms with Crippen LogP contribution in [0.3, 0.4) is 0 Å². The molecule has 7 aromatic rings. The summed E-state index contributed by atoms with van der Waals surface area (Å²) in [5.41, 5.74) is 7.16. The molecule has 0 radical (unpaired) electrons. The summed E-state index contributed by atoms with van der Waals surface area (Å²) in [6.45, 7) is 6.63. The number of rotatable bonds is 5. The molecule has 220 valence electrons. The largest absolute Gasteiger partial charge is 0.506 e. The third kappa shape index (κ3) is 5.29. The number of nitrogens with zero attached hydrogens (tertiary/aromatic N) is 4. The molecule has 7 rings (SSSR count). The van der Waals surface area contributed by atoms with Gasteiger partial charge in [-0.15, -0.1) is 29.8 Å². The number of aromatic hydroxyl groups is 1. The Bertz CT molecular complexity index is 2100. The molecule has 0 amide bonds. The van der Waals surface area contributed by atoms with E-state index < -0.39 is 0 Å². The summed E-state index contributed by atoms with van der Waals surface area (Å²) < 4.78 is 2.03. The van der Waals surface area contributed by atoms with Crippen LogP contribution in [0.2, 0.25) is 0 Å². The summed E-state index contributed by atoms with van der Waals surface area (Å²) in [7, 11) is 0. The standard InChI is InChI=1S/C38H31N4O.Pt/c1-38(2,3)27-22-23-39-36(25-27)41(28-13-5-4-6-14-28)29-15-11-12-26(24-29)32-21-20-31-30-16-7-8-17-33(30)42(37(31)40-32)34-18-9-10-19-35(34)43;/h4-23,25,43H,1-3H3;/q-1;. The van der Waals surface area contributed by atoms with Gasteiger partial charge in [0.15, 0.2) is 0 Å². The first-order valence-corrected chi connectivity index (χ1v) is 14.4. The summed E-state index contributed by atoms with van der Waals surface area (Å²) in [6.07, 6.45) is 1.88. The second-order valence-electron chi connectivity index (χ2n) is 11.7. The number of fused-ring (bicyclic) bond motifs is 3. The van der Waals surface area contributed by atoms with Gasteiger partial charge in [-0.05, 0) is 64.8 Å². The van der Waals surface area contributed by atoms with Crippen molar-refractivity contribution in [3.63, 3.8) is 0 Å². The summed E-state index contributed by atoms with van der Waals surface area (Å²) in [5, 5.41) is 12.9. The van der Waals surface area contributed by atoms with Crippen LogP contribution in [0, 0.1) is 6.07 Å². The molecule has 3 aromatic heterocycles. The van der Waals surface area contributed by atoms with Gasteiger partial charge in [0, 0.05) is 43.7 Å². The SMILES string of the molecule is CC(C)(C)c1ccnc(N(c2[c-]c(-c3ccc4c5ccccc5n(-c5ccccc5O)c4n3)ccc2)c2ccccc2)c1.[Pt]. The summed E-state index contributed by atoms with van der Waals surface area (Å²) in [6, 6.07) is 44.0. The van der Waals surface area contributed by atoms with E-state index in [9.17, 15) is 5.11 Å². The van der Waals surface area contributed by atoms with E-state index in [-0.39, 0.29) is 32.2 Å². The predicted octanol–water partition coefficient (Wildman–Crippen LogP) is 9.51. The monoisotopic (exact) mass is 754 g/mol. The van der Waals surface area contributed by atoms with Crippen LogP contribution in [0.1, 0.15) is 26.3 Å². The number of pyridine rings is 2. The van der Waals surface area contributed by atoms with Crippen molar-refractivity contribution >= 4 is 39.1 Å². The Balaban J connectivity index is 0.00000343.